The minimum Gasteiger partial charge on any atom is -0.496 e. The van der Waals surface area contributed by atoms with Gasteiger partial charge in [-0.2, -0.15) is 5.10 Å². The minimum absolute atomic E-state index is 0.699. The normalized spacial score (nSPS) is 10.8. The molecule has 20 heavy (non-hydrogen) atoms. The van der Waals surface area contributed by atoms with Crippen LogP contribution in [-0.4, -0.2) is 37.2 Å². The molecule has 0 spiro atoms. The van der Waals surface area contributed by atoms with Crippen LogP contribution < -0.4 is 10.1 Å². The van der Waals surface area contributed by atoms with Crippen molar-refractivity contribution in [3.63, 3.8) is 0 Å². The zero-order valence-corrected chi connectivity index (χ0v) is 12.2. The average molecular weight is 275 g/mol. The van der Waals surface area contributed by atoms with Crippen molar-refractivity contribution in [2.45, 2.75) is 6.54 Å². The molecule has 0 amide bonds. The fraction of sp³-hybridized carbons (Fsp3) is 0.400. The van der Waals surface area contributed by atoms with E-state index in [-0.39, 0.29) is 0 Å². The second-order valence-electron chi connectivity index (χ2n) is 4.55. The molecule has 0 aliphatic rings. The highest BCUT2D eigenvalue weighted by molar-refractivity contribution is 5.69. The van der Waals surface area contributed by atoms with Crippen molar-refractivity contribution < 1.29 is 9.47 Å². The first-order chi connectivity index (χ1) is 9.76. The zero-order chi connectivity index (χ0) is 14.4. The highest BCUT2D eigenvalue weighted by atomic mass is 16.5. The summed E-state index contributed by atoms with van der Waals surface area (Å²) in [6.07, 6.45) is 2.03. The molecule has 2 aromatic rings. The lowest BCUT2D eigenvalue weighted by Crippen LogP contribution is -2.18. The van der Waals surface area contributed by atoms with Crippen LogP contribution in [0.5, 0.6) is 5.75 Å². The molecule has 1 aromatic carbocycles. The van der Waals surface area contributed by atoms with Crippen molar-refractivity contribution >= 4 is 0 Å². The van der Waals surface area contributed by atoms with Crippen molar-refractivity contribution in [2.75, 3.05) is 27.4 Å². The third kappa shape index (κ3) is 3.37. The summed E-state index contributed by atoms with van der Waals surface area (Å²) in [5, 5.41) is 7.90. The highest BCUT2D eigenvalue weighted by Crippen LogP contribution is 2.30. The average Bonchev–Trinajstić information content (AvgIpc) is 2.84. The maximum absolute atomic E-state index is 5.42. The first kappa shape index (κ1) is 14.6. The van der Waals surface area contributed by atoms with Gasteiger partial charge in [-0.1, -0.05) is 12.1 Å². The summed E-state index contributed by atoms with van der Waals surface area (Å²) in [5.74, 6) is 0.837. The van der Waals surface area contributed by atoms with Crippen molar-refractivity contribution in [2.24, 2.45) is 7.05 Å². The first-order valence-electron chi connectivity index (χ1n) is 6.62. The molecule has 0 unspecified atom stereocenters. The monoisotopic (exact) mass is 275 g/mol. The summed E-state index contributed by atoms with van der Waals surface area (Å²) in [5.41, 5.74) is 3.11. The number of aryl methyl sites for hydroxylation is 1. The van der Waals surface area contributed by atoms with Gasteiger partial charge in [0.25, 0.3) is 0 Å². The van der Waals surface area contributed by atoms with Crippen LogP contribution in [-0.2, 0) is 18.3 Å². The van der Waals surface area contributed by atoms with E-state index in [1.807, 2.05) is 42.2 Å². The van der Waals surface area contributed by atoms with Crippen LogP contribution in [0.2, 0.25) is 0 Å². The van der Waals surface area contributed by atoms with Crippen LogP contribution in [0.25, 0.3) is 11.3 Å². The van der Waals surface area contributed by atoms with E-state index in [9.17, 15) is 0 Å². The first-order valence-corrected chi connectivity index (χ1v) is 6.62. The Labute approximate surface area is 119 Å². The number of nitrogens with one attached hydrogen (secondary N) is 1. The van der Waals surface area contributed by atoms with Gasteiger partial charge in [-0.05, 0) is 12.1 Å². The van der Waals surface area contributed by atoms with E-state index in [4.69, 9.17) is 9.47 Å². The molecule has 2 rings (SSSR count). The van der Waals surface area contributed by atoms with Gasteiger partial charge in [0.2, 0.25) is 0 Å². The Kier molecular flexibility index (Phi) is 5.15. The molecular weight excluding hydrogens is 254 g/mol. The highest BCUT2D eigenvalue weighted by Gasteiger charge is 2.13. The lowest BCUT2D eigenvalue weighted by Gasteiger charge is -2.08. The summed E-state index contributed by atoms with van der Waals surface area (Å²) in [7, 11) is 5.31. The smallest absolute Gasteiger partial charge is 0.128 e. The van der Waals surface area contributed by atoms with Crippen molar-refractivity contribution in [1.82, 2.24) is 15.1 Å². The summed E-state index contributed by atoms with van der Waals surface area (Å²) < 4.78 is 12.3. The molecule has 1 heterocycles. The van der Waals surface area contributed by atoms with E-state index < -0.39 is 0 Å². The van der Waals surface area contributed by atoms with E-state index in [2.05, 4.69) is 10.4 Å². The maximum atomic E-state index is 5.42. The molecule has 1 N–H and O–H groups in total. The van der Waals surface area contributed by atoms with Crippen molar-refractivity contribution in [3.8, 4) is 17.0 Å². The standard InChI is InChI=1S/C15H21N3O2/c1-18-11-12(10-16-8-9-19-2)15(17-18)13-6-4-5-7-14(13)20-3/h4-7,11,16H,8-10H2,1-3H3. The quantitative estimate of drug-likeness (QED) is 0.783. The van der Waals surface area contributed by atoms with Crippen LogP contribution in [0.1, 0.15) is 5.56 Å². The minimum atomic E-state index is 0.699. The molecule has 0 radical (unpaired) electrons. The molecule has 5 nitrogen and oxygen atoms in total. The van der Waals surface area contributed by atoms with Crippen LogP contribution in [0.3, 0.4) is 0 Å². The summed E-state index contributed by atoms with van der Waals surface area (Å²) >= 11 is 0. The molecule has 0 atom stereocenters. The Hall–Kier alpha value is -1.85. The topological polar surface area (TPSA) is 48.3 Å². The number of methoxy groups -OCH3 is 2. The van der Waals surface area contributed by atoms with Crippen LogP contribution >= 0.6 is 0 Å². The Morgan fingerprint density at radius 3 is 2.80 bits per heavy atom. The molecule has 5 heteroatoms. The summed E-state index contributed by atoms with van der Waals surface area (Å²) in [4.78, 5) is 0. The predicted octanol–water partition coefficient (Wildman–Crippen LogP) is 1.83. The lowest BCUT2D eigenvalue weighted by molar-refractivity contribution is 0.199. The van der Waals surface area contributed by atoms with Gasteiger partial charge in [0.1, 0.15) is 11.4 Å². The van der Waals surface area contributed by atoms with Crippen molar-refractivity contribution in [3.05, 3.63) is 36.0 Å². The number of nitrogens with zero attached hydrogens (tertiary/aromatic N) is 2. The molecule has 0 saturated carbocycles. The third-order valence-electron chi connectivity index (χ3n) is 3.07. The molecule has 0 aliphatic carbocycles. The van der Waals surface area contributed by atoms with Gasteiger partial charge < -0.3 is 14.8 Å². The third-order valence-corrected chi connectivity index (χ3v) is 3.07. The Morgan fingerprint density at radius 2 is 2.05 bits per heavy atom. The number of para-hydroxylation sites is 1. The summed E-state index contributed by atoms with van der Waals surface area (Å²) in [6, 6.07) is 7.93. The number of hydrogen-bond donors (Lipinski definition) is 1. The fourth-order valence-electron chi connectivity index (χ4n) is 2.13. The van der Waals surface area contributed by atoms with Gasteiger partial charge in [0, 0.05) is 44.6 Å². The predicted molar refractivity (Wildman–Crippen MR) is 78.8 cm³/mol. The zero-order valence-electron chi connectivity index (χ0n) is 12.2. The van der Waals surface area contributed by atoms with Gasteiger partial charge >= 0.3 is 0 Å². The summed E-state index contributed by atoms with van der Waals surface area (Å²) in [6.45, 7) is 2.27. The Morgan fingerprint density at radius 1 is 1.25 bits per heavy atom. The van der Waals surface area contributed by atoms with Crippen LogP contribution in [0, 0.1) is 0 Å². The Bertz CT molecular complexity index is 552. The van der Waals surface area contributed by atoms with E-state index in [0.717, 1.165) is 35.7 Å². The molecule has 0 aliphatic heterocycles. The SMILES string of the molecule is COCCNCc1cn(C)nc1-c1ccccc1OC. The fourth-order valence-corrected chi connectivity index (χ4v) is 2.13. The van der Waals surface area contributed by atoms with Gasteiger partial charge in [0.15, 0.2) is 0 Å². The van der Waals surface area contributed by atoms with Gasteiger partial charge in [-0.3, -0.25) is 4.68 Å². The number of hydrogen-bond acceptors (Lipinski definition) is 4. The van der Waals surface area contributed by atoms with E-state index in [1.165, 1.54) is 0 Å². The van der Waals surface area contributed by atoms with E-state index in [1.54, 1.807) is 14.2 Å². The second kappa shape index (κ2) is 7.07. The molecular formula is C15H21N3O2. The lowest BCUT2D eigenvalue weighted by atomic mass is 10.1. The molecule has 0 fully saturated rings. The molecule has 1 aromatic heterocycles. The molecule has 108 valence electrons. The number of ether oxygens (including phenoxy) is 2. The van der Waals surface area contributed by atoms with Crippen molar-refractivity contribution in [1.29, 1.82) is 0 Å². The molecule has 0 bridgehead atoms. The Balaban J connectivity index is 2.22. The van der Waals surface area contributed by atoms with Crippen LogP contribution in [0.15, 0.2) is 30.5 Å². The van der Waals surface area contributed by atoms with E-state index >= 15 is 0 Å². The number of benzene rings is 1. The largest absolute Gasteiger partial charge is 0.496 e. The number of aromatic nitrogens is 2. The van der Waals surface area contributed by atoms with Crippen LogP contribution in [0.4, 0.5) is 0 Å². The van der Waals surface area contributed by atoms with Gasteiger partial charge in [0.05, 0.1) is 13.7 Å². The molecule has 0 saturated heterocycles. The van der Waals surface area contributed by atoms with Gasteiger partial charge in [-0.25, -0.2) is 0 Å². The van der Waals surface area contributed by atoms with Gasteiger partial charge in [-0.15, -0.1) is 0 Å². The van der Waals surface area contributed by atoms with E-state index in [0.29, 0.717) is 6.61 Å². The number of rotatable bonds is 7. The second-order valence-corrected chi connectivity index (χ2v) is 4.55. The maximum Gasteiger partial charge on any atom is 0.128 e.